The highest BCUT2D eigenvalue weighted by Crippen LogP contribution is 2.44. The molecule has 0 saturated carbocycles. The molecule has 0 N–H and O–H groups in total. The summed E-state index contributed by atoms with van der Waals surface area (Å²) in [5.74, 6) is 0.196. The Hall–Kier alpha value is -1.87. The maximum Gasteiger partial charge on any atom is 0.123 e. The Morgan fingerprint density at radius 3 is 2.58 bits per heavy atom. The van der Waals surface area contributed by atoms with Crippen molar-refractivity contribution < 1.29 is 4.39 Å². The Morgan fingerprint density at radius 1 is 1.25 bits per heavy atom. The normalized spacial score (nSPS) is 19.6. The van der Waals surface area contributed by atoms with Gasteiger partial charge in [0.1, 0.15) is 5.82 Å². The molecule has 2 aromatic rings. The van der Waals surface area contributed by atoms with E-state index in [1.165, 1.54) is 23.4 Å². The third kappa shape index (κ3) is 3.18. The molecule has 0 aliphatic carbocycles. The molecule has 126 valence electrons. The van der Waals surface area contributed by atoms with Gasteiger partial charge in [-0.05, 0) is 68.1 Å². The number of hydrogen-bond donors (Lipinski definition) is 0. The first-order chi connectivity index (χ1) is 11.3. The number of anilines is 1. The second kappa shape index (κ2) is 6.21. The number of benzene rings is 2. The minimum absolute atomic E-state index is 0.111. The van der Waals surface area contributed by atoms with Crippen LogP contribution in [0.5, 0.6) is 0 Å². The minimum atomic E-state index is -0.264. The van der Waals surface area contributed by atoms with Crippen LogP contribution < -0.4 is 4.90 Å². The van der Waals surface area contributed by atoms with Crippen LogP contribution in [0.4, 0.5) is 15.8 Å². The molecule has 2 nitrogen and oxygen atoms in total. The van der Waals surface area contributed by atoms with Gasteiger partial charge in [0.25, 0.3) is 0 Å². The predicted octanol–water partition coefficient (Wildman–Crippen LogP) is 5.95. The Bertz CT molecular complexity index is 781. The van der Waals surface area contributed by atoms with Crippen LogP contribution in [0, 0.1) is 5.82 Å². The van der Waals surface area contributed by atoms with Gasteiger partial charge >= 0.3 is 0 Å². The number of fused-ring (bicyclic) bond motifs is 1. The summed E-state index contributed by atoms with van der Waals surface area (Å²) in [6.45, 7) is 6.76. The van der Waals surface area contributed by atoms with Gasteiger partial charge in [-0.25, -0.2) is 4.39 Å². The summed E-state index contributed by atoms with van der Waals surface area (Å²) in [5, 5.41) is 0.677. The number of halogens is 2. The molecule has 4 heteroatoms. The SMILES string of the molecule is CC1CC(C)(C)N(C)c2cc(Cl)c(C=Nc3ccc(F)cc3)cc21. The Morgan fingerprint density at radius 2 is 1.92 bits per heavy atom. The fourth-order valence-corrected chi connectivity index (χ4v) is 3.58. The molecule has 0 saturated heterocycles. The monoisotopic (exact) mass is 344 g/mol. The zero-order valence-electron chi connectivity index (χ0n) is 14.5. The number of rotatable bonds is 2. The van der Waals surface area contributed by atoms with E-state index in [1.54, 1.807) is 18.3 Å². The van der Waals surface area contributed by atoms with Gasteiger partial charge in [0.2, 0.25) is 0 Å². The zero-order chi connectivity index (χ0) is 17.5. The second-order valence-electron chi connectivity index (χ2n) is 7.14. The molecule has 1 unspecified atom stereocenters. The quantitative estimate of drug-likeness (QED) is 0.614. The van der Waals surface area contributed by atoms with Crippen LogP contribution >= 0.6 is 11.6 Å². The van der Waals surface area contributed by atoms with Crippen LogP contribution in [0.3, 0.4) is 0 Å². The molecular formula is C20H22ClFN2. The van der Waals surface area contributed by atoms with E-state index in [2.05, 4.69) is 43.8 Å². The van der Waals surface area contributed by atoms with Crippen molar-refractivity contribution >= 4 is 29.2 Å². The van der Waals surface area contributed by atoms with E-state index in [0.717, 1.165) is 12.0 Å². The standard InChI is InChI=1S/C20H22ClFN2/c1-13-11-20(2,3)24(4)19-10-18(21)14(9-17(13)19)12-23-16-7-5-15(22)6-8-16/h5-10,12-13H,11H2,1-4H3. The Balaban J connectivity index is 1.97. The van der Waals surface area contributed by atoms with E-state index in [4.69, 9.17) is 11.6 Å². The average Bonchev–Trinajstić information content (AvgIpc) is 2.52. The van der Waals surface area contributed by atoms with Gasteiger partial charge in [-0.15, -0.1) is 0 Å². The Kier molecular flexibility index (Phi) is 4.39. The molecule has 1 aliphatic rings. The molecule has 1 aliphatic heterocycles. The van der Waals surface area contributed by atoms with Gasteiger partial charge in [-0.2, -0.15) is 0 Å². The fourth-order valence-electron chi connectivity index (χ4n) is 3.37. The van der Waals surface area contributed by atoms with Crippen molar-refractivity contribution in [3.63, 3.8) is 0 Å². The molecule has 0 spiro atoms. The maximum absolute atomic E-state index is 13.0. The molecule has 1 heterocycles. The van der Waals surface area contributed by atoms with Crippen molar-refractivity contribution in [1.82, 2.24) is 0 Å². The van der Waals surface area contributed by atoms with Gasteiger partial charge in [0.15, 0.2) is 0 Å². The van der Waals surface area contributed by atoms with Crippen LogP contribution in [-0.4, -0.2) is 18.8 Å². The largest absolute Gasteiger partial charge is 0.369 e. The highest BCUT2D eigenvalue weighted by molar-refractivity contribution is 6.33. The molecule has 3 rings (SSSR count). The molecule has 0 radical (unpaired) electrons. The second-order valence-corrected chi connectivity index (χ2v) is 7.55. The summed E-state index contributed by atoms with van der Waals surface area (Å²) in [7, 11) is 2.12. The topological polar surface area (TPSA) is 15.6 Å². The molecule has 2 aromatic carbocycles. The molecule has 0 amide bonds. The van der Waals surface area contributed by atoms with Crippen molar-refractivity contribution in [2.45, 2.75) is 38.6 Å². The zero-order valence-corrected chi connectivity index (χ0v) is 15.2. The van der Waals surface area contributed by atoms with Gasteiger partial charge in [0, 0.05) is 30.1 Å². The highest BCUT2D eigenvalue weighted by Gasteiger charge is 2.34. The average molecular weight is 345 g/mol. The maximum atomic E-state index is 13.0. The van der Waals surface area contributed by atoms with E-state index >= 15 is 0 Å². The lowest BCUT2D eigenvalue weighted by Gasteiger charge is -2.45. The van der Waals surface area contributed by atoms with Crippen molar-refractivity contribution in [2.24, 2.45) is 4.99 Å². The molecule has 0 bridgehead atoms. The first-order valence-electron chi connectivity index (χ1n) is 8.15. The molecule has 24 heavy (non-hydrogen) atoms. The summed E-state index contributed by atoms with van der Waals surface area (Å²) in [4.78, 5) is 6.71. The molecule has 1 atom stereocenters. The summed E-state index contributed by atoms with van der Waals surface area (Å²) in [5.41, 5.74) is 4.18. The van der Waals surface area contributed by atoms with Crippen LogP contribution in [0.1, 0.15) is 44.2 Å². The van der Waals surface area contributed by atoms with Crippen molar-refractivity contribution in [3.05, 3.63) is 58.4 Å². The molecule has 0 aromatic heterocycles. The van der Waals surface area contributed by atoms with Gasteiger partial charge in [-0.1, -0.05) is 18.5 Å². The summed E-state index contributed by atoms with van der Waals surface area (Å²) >= 11 is 6.48. The van der Waals surface area contributed by atoms with E-state index < -0.39 is 0 Å². The van der Waals surface area contributed by atoms with Crippen LogP contribution in [-0.2, 0) is 0 Å². The number of nitrogens with zero attached hydrogens (tertiary/aromatic N) is 2. The summed E-state index contributed by atoms with van der Waals surface area (Å²) < 4.78 is 13.0. The number of aliphatic imine (C=N–C) groups is 1. The lowest BCUT2D eigenvalue weighted by Crippen LogP contribution is -2.45. The third-order valence-electron chi connectivity index (χ3n) is 4.93. The van der Waals surface area contributed by atoms with Gasteiger partial charge < -0.3 is 4.90 Å². The van der Waals surface area contributed by atoms with Gasteiger partial charge in [-0.3, -0.25) is 4.99 Å². The van der Waals surface area contributed by atoms with Crippen molar-refractivity contribution in [1.29, 1.82) is 0 Å². The summed E-state index contributed by atoms with van der Waals surface area (Å²) in [6.07, 6.45) is 2.84. The molecule has 0 fully saturated rings. The summed E-state index contributed by atoms with van der Waals surface area (Å²) in [6, 6.07) is 10.3. The lowest BCUT2D eigenvalue weighted by atomic mass is 9.80. The third-order valence-corrected chi connectivity index (χ3v) is 5.26. The van der Waals surface area contributed by atoms with Crippen molar-refractivity contribution in [3.8, 4) is 0 Å². The predicted molar refractivity (Wildman–Crippen MR) is 101 cm³/mol. The van der Waals surface area contributed by atoms with Crippen LogP contribution in [0.2, 0.25) is 5.02 Å². The van der Waals surface area contributed by atoms with E-state index in [-0.39, 0.29) is 11.4 Å². The van der Waals surface area contributed by atoms with Crippen LogP contribution in [0.25, 0.3) is 0 Å². The highest BCUT2D eigenvalue weighted by atomic mass is 35.5. The molecular weight excluding hydrogens is 323 g/mol. The first-order valence-corrected chi connectivity index (χ1v) is 8.52. The van der Waals surface area contributed by atoms with Crippen LogP contribution in [0.15, 0.2) is 41.4 Å². The van der Waals surface area contributed by atoms with Gasteiger partial charge in [0.05, 0.1) is 10.7 Å². The van der Waals surface area contributed by atoms with E-state index in [0.29, 0.717) is 16.6 Å². The van der Waals surface area contributed by atoms with E-state index in [1.807, 2.05) is 6.07 Å². The minimum Gasteiger partial charge on any atom is -0.369 e. The van der Waals surface area contributed by atoms with Crippen molar-refractivity contribution in [2.75, 3.05) is 11.9 Å². The lowest BCUT2D eigenvalue weighted by molar-refractivity contribution is 0.395. The smallest absolute Gasteiger partial charge is 0.123 e. The Labute approximate surface area is 148 Å². The fraction of sp³-hybridized carbons (Fsp3) is 0.350. The first kappa shape index (κ1) is 17.0. The van der Waals surface area contributed by atoms with E-state index in [9.17, 15) is 4.39 Å². The number of hydrogen-bond acceptors (Lipinski definition) is 2.